The molecular formula is C20H22IN3O. The lowest BCUT2D eigenvalue weighted by Gasteiger charge is -2.22. The second-order valence-corrected chi connectivity index (χ2v) is 7.24. The van der Waals surface area contributed by atoms with Crippen molar-refractivity contribution in [2.75, 3.05) is 6.54 Å². The Balaban J connectivity index is 1.93. The van der Waals surface area contributed by atoms with E-state index in [1.54, 1.807) is 0 Å². The molecule has 4 nitrogen and oxygen atoms in total. The lowest BCUT2D eigenvalue weighted by Crippen LogP contribution is -2.32. The van der Waals surface area contributed by atoms with Crippen LogP contribution in [0, 0.1) is 3.57 Å². The van der Waals surface area contributed by atoms with E-state index < -0.39 is 0 Å². The van der Waals surface area contributed by atoms with Gasteiger partial charge in [-0.25, -0.2) is 4.98 Å². The lowest BCUT2D eigenvalue weighted by molar-refractivity contribution is 0.0737. The zero-order valence-electron chi connectivity index (χ0n) is 14.6. The van der Waals surface area contributed by atoms with Gasteiger partial charge in [-0.05, 0) is 66.3 Å². The highest BCUT2D eigenvalue weighted by Gasteiger charge is 2.19. The second kappa shape index (κ2) is 7.99. The van der Waals surface area contributed by atoms with Gasteiger partial charge in [0.15, 0.2) is 0 Å². The Labute approximate surface area is 162 Å². The molecule has 0 aliphatic heterocycles. The first kappa shape index (κ1) is 17.9. The molecule has 130 valence electrons. The van der Waals surface area contributed by atoms with Gasteiger partial charge < -0.3 is 9.47 Å². The number of benzene rings is 2. The van der Waals surface area contributed by atoms with E-state index in [1.807, 2.05) is 47.4 Å². The summed E-state index contributed by atoms with van der Waals surface area (Å²) in [6.45, 7) is 6.30. The summed E-state index contributed by atoms with van der Waals surface area (Å²) in [6, 6.07) is 15.9. The van der Waals surface area contributed by atoms with Crippen LogP contribution in [0.15, 0.2) is 48.5 Å². The number of aryl methyl sites for hydroxylation is 1. The fraction of sp³-hybridized carbons (Fsp3) is 0.300. The van der Waals surface area contributed by atoms with Crippen LogP contribution in [-0.4, -0.2) is 26.9 Å². The molecule has 0 unspecified atom stereocenters. The molecule has 5 heteroatoms. The van der Waals surface area contributed by atoms with Crippen LogP contribution in [0.1, 0.15) is 36.5 Å². The van der Waals surface area contributed by atoms with Crippen molar-refractivity contribution >= 4 is 39.5 Å². The molecule has 0 N–H and O–H groups in total. The average Bonchev–Trinajstić information content (AvgIpc) is 2.97. The predicted octanol–water partition coefficient (Wildman–Crippen LogP) is 4.71. The van der Waals surface area contributed by atoms with Gasteiger partial charge in [-0.15, -0.1) is 0 Å². The van der Waals surface area contributed by atoms with Gasteiger partial charge in [-0.3, -0.25) is 4.79 Å². The van der Waals surface area contributed by atoms with Gasteiger partial charge in [0.2, 0.25) is 0 Å². The summed E-state index contributed by atoms with van der Waals surface area (Å²) in [5, 5.41) is 0. The van der Waals surface area contributed by atoms with Crippen molar-refractivity contribution in [3.8, 4) is 0 Å². The minimum absolute atomic E-state index is 0.0649. The first-order chi connectivity index (χ1) is 12.1. The van der Waals surface area contributed by atoms with Crippen molar-refractivity contribution < 1.29 is 4.79 Å². The van der Waals surface area contributed by atoms with Crippen molar-refractivity contribution in [3.63, 3.8) is 0 Å². The average molecular weight is 447 g/mol. The van der Waals surface area contributed by atoms with E-state index in [0.717, 1.165) is 45.5 Å². The van der Waals surface area contributed by atoms with Crippen LogP contribution >= 0.6 is 22.6 Å². The fourth-order valence-corrected chi connectivity index (χ4v) is 3.64. The SMILES string of the molecule is CCCN(Cc1nc2ccccc2n1CC)C(=O)c1cccc(I)c1. The van der Waals surface area contributed by atoms with Crippen molar-refractivity contribution in [1.29, 1.82) is 0 Å². The maximum atomic E-state index is 13.0. The molecular weight excluding hydrogens is 425 g/mol. The third-order valence-corrected chi connectivity index (χ3v) is 4.91. The molecule has 3 rings (SSSR count). The predicted molar refractivity (Wildman–Crippen MR) is 110 cm³/mol. The third-order valence-electron chi connectivity index (χ3n) is 4.23. The van der Waals surface area contributed by atoms with E-state index in [0.29, 0.717) is 6.54 Å². The van der Waals surface area contributed by atoms with Crippen LogP contribution in [-0.2, 0) is 13.1 Å². The van der Waals surface area contributed by atoms with Gasteiger partial charge >= 0.3 is 0 Å². The minimum atomic E-state index is 0.0649. The first-order valence-corrected chi connectivity index (χ1v) is 9.71. The number of halogens is 1. The molecule has 0 saturated carbocycles. The largest absolute Gasteiger partial charge is 0.331 e. The number of amides is 1. The van der Waals surface area contributed by atoms with Crippen LogP contribution in [0.5, 0.6) is 0 Å². The molecule has 3 aromatic rings. The molecule has 1 amide bonds. The van der Waals surface area contributed by atoms with E-state index in [2.05, 4.69) is 47.1 Å². The van der Waals surface area contributed by atoms with Crippen molar-refractivity contribution in [3.05, 3.63) is 63.5 Å². The lowest BCUT2D eigenvalue weighted by atomic mass is 10.2. The molecule has 0 radical (unpaired) electrons. The molecule has 0 bridgehead atoms. The number of carbonyl (C=O) groups is 1. The Morgan fingerprint density at radius 1 is 1.16 bits per heavy atom. The number of fused-ring (bicyclic) bond motifs is 1. The number of imidazole rings is 1. The maximum absolute atomic E-state index is 13.0. The van der Waals surface area contributed by atoms with Gasteiger partial charge in [0, 0.05) is 22.2 Å². The molecule has 0 saturated heterocycles. The summed E-state index contributed by atoms with van der Waals surface area (Å²) in [5.74, 6) is 1.01. The zero-order chi connectivity index (χ0) is 17.8. The van der Waals surface area contributed by atoms with Crippen LogP contribution in [0.25, 0.3) is 11.0 Å². The van der Waals surface area contributed by atoms with E-state index in [1.165, 1.54) is 0 Å². The Morgan fingerprint density at radius 2 is 1.96 bits per heavy atom. The standard InChI is InChI=1S/C20H22IN3O/c1-3-12-23(20(25)15-8-7-9-16(21)13-15)14-19-22-17-10-5-6-11-18(17)24(19)4-2/h5-11,13H,3-4,12,14H2,1-2H3. The van der Waals surface area contributed by atoms with Crippen LogP contribution < -0.4 is 0 Å². The van der Waals surface area contributed by atoms with Crippen LogP contribution in [0.3, 0.4) is 0 Å². The van der Waals surface area contributed by atoms with Crippen molar-refractivity contribution in [1.82, 2.24) is 14.5 Å². The van der Waals surface area contributed by atoms with Gasteiger partial charge in [-0.2, -0.15) is 0 Å². The monoisotopic (exact) mass is 447 g/mol. The highest BCUT2D eigenvalue weighted by Crippen LogP contribution is 2.19. The number of hydrogen-bond acceptors (Lipinski definition) is 2. The highest BCUT2D eigenvalue weighted by molar-refractivity contribution is 14.1. The number of carbonyl (C=O) groups excluding carboxylic acids is 1. The number of para-hydroxylation sites is 2. The number of nitrogens with zero attached hydrogens (tertiary/aromatic N) is 3. The summed E-state index contributed by atoms with van der Waals surface area (Å²) in [6.07, 6.45) is 0.919. The summed E-state index contributed by atoms with van der Waals surface area (Å²) in [4.78, 5) is 19.7. The molecule has 0 fully saturated rings. The Kier molecular flexibility index (Phi) is 5.73. The minimum Gasteiger partial charge on any atom is -0.331 e. The van der Waals surface area contributed by atoms with Crippen LogP contribution in [0.4, 0.5) is 0 Å². The third kappa shape index (κ3) is 3.86. The van der Waals surface area contributed by atoms with Crippen LogP contribution in [0.2, 0.25) is 0 Å². The quantitative estimate of drug-likeness (QED) is 0.514. The molecule has 0 aliphatic rings. The van der Waals surface area contributed by atoms with E-state index in [4.69, 9.17) is 4.98 Å². The normalized spacial score (nSPS) is 11.0. The smallest absolute Gasteiger partial charge is 0.254 e. The van der Waals surface area contributed by atoms with E-state index in [-0.39, 0.29) is 5.91 Å². The van der Waals surface area contributed by atoms with E-state index in [9.17, 15) is 4.79 Å². The molecule has 1 heterocycles. The summed E-state index contributed by atoms with van der Waals surface area (Å²) < 4.78 is 3.26. The fourth-order valence-electron chi connectivity index (χ4n) is 3.10. The van der Waals surface area contributed by atoms with Gasteiger partial charge in [0.05, 0.1) is 17.6 Å². The number of aromatic nitrogens is 2. The molecule has 0 aliphatic carbocycles. The van der Waals surface area contributed by atoms with Crippen molar-refractivity contribution in [2.45, 2.75) is 33.4 Å². The van der Waals surface area contributed by atoms with Crippen molar-refractivity contribution in [2.24, 2.45) is 0 Å². The highest BCUT2D eigenvalue weighted by atomic mass is 127. The Hall–Kier alpha value is -1.89. The summed E-state index contributed by atoms with van der Waals surface area (Å²) >= 11 is 2.24. The molecule has 2 aromatic carbocycles. The number of rotatable bonds is 6. The summed E-state index contributed by atoms with van der Waals surface area (Å²) in [5.41, 5.74) is 2.84. The molecule has 0 spiro atoms. The zero-order valence-corrected chi connectivity index (χ0v) is 16.7. The van der Waals surface area contributed by atoms with Gasteiger partial charge in [0.1, 0.15) is 5.82 Å². The maximum Gasteiger partial charge on any atom is 0.254 e. The molecule has 0 atom stereocenters. The Morgan fingerprint density at radius 3 is 2.68 bits per heavy atom. The first-order valence-electron chi connectivity index (χ1n) is 8.63. The number of hydrogen-bond donors (Lipinski definition) is 0. The van der Waals surface area contributed by atoms with E-state index >= 15 is 0 Å². The summed E-state index contributed by atoms with van der Waals surface area (Å²) in [7, 11) is 0. The second-order valence-electron chi connectivity index (χ2n) is 6.00. The molecule has 1 aromatic heterocycles. The van der Waals surface area contributed by atoms with Gasteiger partial charge in [-0.1, -0.05) is 25.1 Å². The molecule has 25 heavy (non-hydrogen) atoms. The topological polar surface area (TPSA) is 38.1 Å². The van der Waals surface area contributed by atoms with Gasteiger partial charge in [0.25, 0.3) is 5.91 Å². The Bertz CT molecular complexity index is 888.